The van der Waals surface area contributed by atoms with Gasteiger partial charge in [-0.3, -0.25) is 0 Å². The largest absolute Gasteiger partial charge is 0.496 e. The summed E-state index contributed by atoms with van der Waals surface area (Å²) in [5, 5.41) is 8.25. The lowest BCUT2D eigenvalue weighted by Crippen LogP contribution is -1.89. The smallest absolute Gasteiger partial charge is 0.127 e. The average Bonchev–Trinajstić information content (AvgIpc) is 3.25. The van der Waals surface area contributed by atoms with Gasteiger partial charge >= 0.3 is 0 Å². The third-order valence-electron chi connectivity index (χ3n) is 4.71. The first-order valence-corrected chi connectivity index (χ1v) is 11.9. The van der Waals surface area contributed by atoms with E-state index < -0.39 is 0 Å². The molecule has 0 atom stereocenters. The highest BCUT2D eigenvalue weighted by Gasteiger charge is 2.32. The highest BCUT2D eigenvalue weighted by Crippen LogP contribution is 2.66. The Balaban J connectivity index is 1.98. The summed E-state index contributed by atoms with van der Waals surface area (Å²) in [5.41, 5.74) is 0. The molecule has 5 heteroatoms. The molecule has 0 N–H and O–H groups in total. The Hall–Kier alpha value is -1.14. The Kier molecular flexibility index (Phi) is 2.90. The van der Waals surface area contributed by atoms with Gasteiger partial charge in [-0.1, -0.05) is 79.6 Å². The molecule has 0 bridgehead atoms. The maximum Gasteiger partial charge on any atom is 0.127 e. The van der Waals surface area contributed by atoms with E-state index in [0.717, 1.165) is 5.75 Å². The standard InChI is InChI=1S/C19H10OS4/c1-20-12-8-4-7-11-13(12)19-15-14-16(21-23-18(11)14)9-5-2-3-6-10(9)17(15)22-24-19/h2-8H,1H3. The average molecular weight is 383 g/mol. The molecule has 0 fully saturated rings. The zero-order valence-corrected chi connectivity index (χ0v) is 15.8. The predicted octanol–water partition coefficient (Wildman–Crippen LogP) is 7.38. The van der Waals surface area contributed by atoms with Gasteiger partial charge in [0.15, 0.2) is 0 Å². The van der Waals surface area contributed by atoms with Gasteiger partial charge in [-0.05, 0) is 16.8 Å². The van der Waals surface area contributed by atoms with E-state index in [-0.39, 0.29) is 0 Å². The molecule has 0 saturated heterocycles. The molecule has 0 aromatic heterocycles. The van der Waals surface area contributed by atoms with Crippen molar-refractivity contribution in [3.05, 3.63) is 42.5 Å². The van der Waals surface area contributed by atoms with Crippen molar-refractivity contribution < 1.29 is 4.74 Å². The maximum atomic E-state index is 5.71. The van der Waals surface area contributed by atoms with Gasteiger partial charge in [0.1, 0.15) is 5.75 Å². The van der Waals surface area contributed by atoms with Crippen LogP contribution in [-0.4, -0.2) is 7.11 Å². The van der Waals surface area contributed by atoms with Gasteiger partial charge < -0.3 is 4.74 Å². The predicted molar refractivity (Wildman–Crippen MR) is 109 cm³/mol. The van der Waals surface area contributed by atoms with E-state index in [0.29, 0.717) is 0 Å². The van der Waals surface area contributed by atoms with E-state index in [1.165, 1.54) is 51.9 Å². The van der Waals surface area contributed by atoms with Crippen LogP contribution in [0.5, 0.6) is 5.75 Å². The summed E-state index contributed by atoms with van der Waals surface area (Å²) in [6, 6.07) is 15.3. The zero-order chi connectivity index (χ0) is 15.8. The lowest BCUT2D eigenvalue weighted by molar-refractivity contribution is 0.419. The molecule has 0 radical (unpaired) electrons. The minimum Gasteiger partial charge on any atom is -0.496 e. The normalized spacial score (nSPS) is 15.0. The minimum absolute atomic E-state index is 0.980. The second-order valence-electron chi connectivity index (χ2n) is 5.83. The molecule has 0 spiro atoms. The fourth-order valence-electron chi connectivity index (χ4n) is 3.70. The summed E-state index contributed by atoms with van der Waals surface area (Å²) in [5.74, 6) is 0.980. The molecule has 0 aliphatic carbocycles. The second-order valence-corrected chi connectivity index (χ2v) is 10.1. The van der Waals surface area contributed by atoms with E-state index >= 15 is 0 Å². The quantitative estimate of drug-likeness (QED) is 0.250. The molecule has 2 aliphatic rings. The molecule has 116 valence electrons. The van der Waals surface area contributed by atoms with Crippen molar-refractivity contribution in [2.45, 2.75) is 19.6 Å². The number of methoxy groups -OCH3 is 1. The molecule has 0 unspecified atom stereocenters. The molecule has 0 saturated carbocycles. The Morgan fingerprint density at radius 3 is 1.79 bits per heavy atom. The third kappa shape index (κ3) is 1.59. The SMILES string of the molecule is COc1cccc2c3c4c(c5ccccc5c5c4c(c12)SS5)SS3. The first-order valence-electron chi connectivity index (χ1n) is 7.58. The summed E-state index contributed by atoms with van der Waals surface area (Å²) in [7, 11) is 9.36. The van der Waals surface area contributed by atoms with Crippen LogP contribution in [0.1, 0.15) is 0 Å². The monoisotopic (exact) mass is 382 g/mol. The van der Waals surface area contributed by atoms with Gasteiger partial charge in [0, 0.05) is 41.1 Å². The molecule has 0 amide bonds. The number of benzene rings is 4. The maximum absolute atomic E-state index is 5.71. The third-order valence-corrected chi connectivity index (χ3v) is 9.72. The molecular formula is C19H10OS4. The van der Waals surface area contributed by atoms with Crippen molar-refractivity contribution in [3.8, 4) is 5.75 Å². The lowest BCUT2D eigenvalue weighted by Gasteiger charge is -2.13. The van der Waals surface area contributed by atoms with Crippen LogP contribution in [0.4, 0.5) is 0 Å². The molecular weight excluding hydrogens is 372 g/mol. The number of hydrogen-bond acceptors (Lipinski definition) is 5. The first kappa shape index (κ1) is 14.1. The van der Waals surface area contributed by atoms with Crippen LogP contribution < -0.4 is 4.74 Å². The van der Waals surface area contributed by atoms with E-state index in [1.54, 1.807) is 7.11 Å². The van der Waals surface area contributed by atoms with E-state index in [1.807, 2.05) is 43.2 Å². The van der Waals surface area contributed by atoms with Crippen molar-refractivity contribution in [1.29, 1.82) is 0 Å². The summed E-state index contributed by atoms with van der Waals surface area (Å²) in [6.07, 6.45) is 0. The van der Waals surface area contributed by atoms with Crippen molar-refractivity contribution in [2.24, 2.45) is 0 Å². The first-order chi connectivity index (χ1) is 11.9. The summed E-state index contributed by atoms with van der Waals surface area (Å²) in [6.45, 7) is 0. The van der Waals surface area contributed by atoms with E-state index in [2.05, 4.69) is 42.5 Å². The van der Waals surface area contributed by atoms with Gasteiger partial charge in [-0.25, -0.2) is 0 Å². The van der Waals surface area contributed by atoms with Crippen LogP contribution >= 0.6 is 43.2 Å². The van der Waals surface area contributed by atoms with Gasteiger partial charge in [0.25, 0.3) is 0 Å². The van der Waals surface area contributed by atoms with Gasteiger partial charge in [-0.15, -0.1) is 0 Å². The van der Waals surface area contributed by atoms with Gasteiger partial charge in [-0.2, -0.15) is 0 Å². The Labute approximate surface area is 154 Å². The summed E-state index contributed by atoms with van der Waals surface area (Å²) in [4.78, 5) is 5.62. The minimum atomic E-state index is 0.980. The topological polar surface area (TPSA) is 9.23 Å². The Bertz CT molecular complexity index is 1200. The molecule has 2 aliphatic heterocycles. The molecule has 6 rings (SSSR count). The molecule has 2 heterocycles. The Morgan fingerprint density at radius 1 is 0.583 bits per heavy atom. The van der Waals surface area contributed by atoms with Crippen LogP contribution in [0.3, 0.4) is 0 Å². The van der Waals surface area contributed by atoms with Crippen LogP contribution in [-0.2, 0) is 0 Å². The lowest BCUT2D eigenvalue weighted by atomic mass is 9.98. The van der Waals surface area contributed by atoms with E-state index in [9.17, 15) is 0 Å². The van der Waals surface area contributed by atoms with Crippen LogP contribution in [0.2, 0.25) is 0 Å². The van der Waals surface area contributed by atoms with Crippen LogP contribution in [0.15, 0.2) is 62.0 Å². The second kappa shape index (κ2) is 4.94. The summed E-state index contributed by atoms with van der Waals surface area (Å²) >= 11 is 0. The summed E-state index contributed by atoms with van der Waals surface area (Å²) < 4.78 is 5.71. The number of fused-ring (bicyclic) bond motifs is 6. The Morgan fingerprint density at radius 2 is 1.12 bits per heavy atom. The zero-order valence-electron chi connectivity index (χ0n) is 12.6. The molecule has 1 nitrogen and oxygen atoms in total. The number of hydrogen-bond donors (Lipinski definition) is 0. The number of ether oxygens (including phenoxy) is 1. The fourth-order valence-corrected chi connectivity index (χ4v) is 9.46. The highest BCUT2D eigenvalue weighted by molar-refractivity contribution is 8.78. The van der Waals surface area contributed by atoms with Crippen molar-refractivity contribution in [1.82, 2.24) is 0 Å². The van der Waals surface area contributed by atoms with Gasteiger partial charge in [0.2, 0.25) is 0 Å². The number of rotatable bonds is 1. The molecule has 24 heavy (non-hydrogen) atoms. The van der Waals surface area contributed by atoms with Crippen molar-refractivity contribution >= 4 is 75.5 Å². The van der Waals surface area contributed by atoms with Crippen LogP contribution in [0, 0.1) is 0 Å². The highest BCUT2D eigenvalue weighted by atomic mass is 33.1. The van der Waals surface area contributed by atoms with Gasteiger partial charge in [0.05, 0.1) is 7.11 Å². The van der Waals surface area contributed by atoms with E-state index in [4.69, 9.17) is 4.74 Å². The molecule has 4 aromatic carbocycles. The molecule has 4 aromatic rings. The van der Waals surface area contributed by atoms with Crippen LogP contribution in [0.25, 0.3) is 32.3 Å². The van der Waals surface area contributed by atoms with Crippen molar-refractivity contribution in [2.75, 3.05) is 7.11 Å². The fraction of sp³-hybridized carbons (Fsp3) is 0.0526. The van der Waals surface area contributed by atoms with Crippen molar-refractivity contribution in [3.63, 3.8) is 0 Å².